The zero-order chi connectivity index (χ0) is 34.7. The molecule has 3 heterocycles. The average Bonchev–Trinajstić information content (AvgIpc) is 3.47. The number of aryl methyl sites for hydroxylation is 1. The van der Waals surface area contributed by atoms with Crippen LogP contribution in [0.2, 0.25) is 0 Å². The lowest BCUT2D eigenvalue weighted by Crippen LogP contribution is -2.46. The van der Waals surface area contributed by atoms with Crippen LogP contribution in [0.4, 0.5) is 27.2 Å². The van der Waals surface area contributed by atoms with Gasteiger partial charge < -0.3 is 40.5 Å². The molecule has 4 rings (SSSR count). The van der Waals surface area contributed by atoms with Gasteiger partial charge in [0, 0.05) is 64.5 Å². The molecule has 2 aliphatic rings. The third kappa shape index (κ3) is 12.3. The summed E-state index contributed by atoms with van der Waals surface area (Å²) in [5, 5.41) is 15.1. The molecule has 0 aromatic carbocycles. The molecule has 0 bridgehead atoms. The highest BCUT2D eigenvalue weighted by Gasteiger charge is 2.30. The lowest BCUT2D eigenvalue weighted by atomic mass is 9.94. The molecule has 2 aromatic heterocycles. The van der Waals surface area contributed by atoms with Gasteiger partial charge in [-0.05, 0) is 67.2 Å². The maximum Gasteiger partial charge on any atom is 0.410 e. The molecule has 0 unspecified atom stereocenters. The third-order valence-corrected chi connectivity index (χ3v) is 8.12. The quantitative estimate of drug-likeness (QED) is 0.277. The molecule has 1 aliphatic heterocycles. The number of carbonyl (C=O) groups is 2. The molecule has 0 atom stereocenters. The van der Waals surface area contributed by atoms with Crippen molar-refractivity contribution in [3.8, 4) is 0 Å². The molecule has 2 aromatic rings. The van der Waals surface area contributed by atoms with E-state index in [1.807, 2.05) is 52.6 Å². The fourth-order valence-electron chi connectivity index (χ4n) is 5.90. The van der Waals surface area contributed by atoms with Crippen LogP contribution >= 0.6 is 0 Å². The van der Waals surface area contributed by atoms with Crippen LogP contribution < -0.4 is 21.3 Å². The van der Waals surface area contributed by atoms with Crippen LogP contribution in [0.15, 0.2) is 12.3 Å². The molecule has 48 heavy (non-hydrogen) atoms. The second-order valence-corrected chi connectivity index (χ2v) is 14.7. The van der Waals surface area contributed by atoms with Crippen LogP contribution in [-0.4, -0.2) is 110 Å². The first-order valence-corrected chi connectivity index (χ1v) is 17.5. The van der Waals surface area contributed by atoms with Crippen LogP contribution in [0.3, 0.4) is 0 Å². The third-order valence-electron chi connectivity index (χ3n) is 8.12. The van der Waals surface area contributed by atoms with E-state index in [1.165, 1.54) is 6.42 Å². The van der Waals surface area contributed by atoms with Gasteiger partial charge in [-0.15, -0.1) is 5.10 Å². The maximum absolute atomic E-state index is 13.2. The summed E-state index contributed by atoms with van der Waals surface area (Å²) in [5.41, 5.74) is 5.61. The number of nitrogens with two attached hydrogens (primary N) is 1. The molecule has 1 saturated heterocycles. The standard InChI is InChI=1S/C33H57N11O4/c1-32(2,3)47-30(45)42(17-11-19-44(26-12-8-7-9-13-26)31(46)48-33(4,5)6)16-10-18-43-24-25(39-40-43)23-36-29-37-27(34)22-28(38-29)41-20-14-35-15-21-41/h22,24,26,35H,7-21,23H2,1-6H3,(H3,34,36,37,38). The lowest BCUT2D eigenvalue weighted by Gasteiger charge is -2.36. The second kappa shape index (κ2) is 17.0. The van der Waals surface area contributed by atoms with E-state index in [-0.39, 0.29) is 18.2 Å². The number of hydrogen-bond donors (Lipinski definition) is 3. The van der Waals surface area contributed by atoms with Crippen LogP contribution in [0.5, 0.6) is 0 Å². The summed E-state index contributed by atoms with van der Waals surface area (Å²) in [6.07, 6.45) is 7.88. The van der Waals surface area contributed by atoms with E-state index in [2.05, 4.69) is 35.8 Å². The summed E-state index contributed by atoms with van der Waals surface area (Å²) in [7, 11) is 0. The first-order valence-electron chi connectivity index (χ1n) is 17.5. The normalized spacial score (nSPS) is 16.0. The summed E-state index contributed by atoms with van der Waals surface area (Å²) in [4.78, 5) is 41.1. The number of ether oxygens (including phenoxy) is 2. The van der Waals surface area contributed by atoms with E-state index >= 15 is 0 Å². The maximum atomic E-state index is 13.2. The zero-order valence-electron chi connectivity index (χ0n) is 29.8. The van der Waals surface area contributed by atoms with Crippen molar-refractivity contribution in [2.75, 3.05) is 61.8 Å². The topological polar surface area (TPSA) is 169 Å². The van der Waals surface area contributed by atoms with E-state index in [0.29, 0.717) is 57.3 Å². The van der Waals surface area contributed by atoms with Gasteiger partial charge in [0.25, 0.3) is 0 Å². The molecule has 15 heteroatoms. The Morgan fingerprint density at radius 1 is 0.958 bits per heavy atom. The number of rotatable bonds is 13. The first-order chi connectivity index (χ1) is 22.8. The summed E-state index contributed by atoms with van der Waals surface area (Å²) in [6, 6.07) is 1.96. The minimum absolute atomic E-state index is 0.166. The molecule has 0 radical (unpaired) electrons. The Morgan fingerprint density at radius 3 is 2.31 bits per heavy atom. The van der Waals surface area contributed by atoms with E-state index in [1.54, 1.807) is 15.6 Å². The summed E-state index contributed by atoms with van der Waals surface area (Å²) < 4.78 is 13.3. The van der Waals surface area contributed by atoms with Crippen LogP contribution in [0.1, 0.15) is 92.2 Å². The van der Waals surface area contributed by atoms with Gasteiger partial charge in [-0.2, -0.15) is 9.97 Å². The van der Waals surface area contributed by atoms with Crippen molar-refractivity contribution in [2.24, 2.45) is 0 Å². The number of carbonyl (C=O) groups excluding carboxylic acids is 2. The zero-order valence-corrected chi connectivity index (χ0v) is 29.8. The molecule has 268 valence electrons. The number of hydrogen-bond acceptors (Lipinski definition) is 12. The van der Waals surface area contributed by atoms with Crippen LogP contribution in [0, 0.1) is 0 Å². The molecular weight excluding hydrogens is 614 g/mol. The number of aromatic nitrogens is 5. The van der Waals surface area contributed by atoms with Crippen molar-refractivity contribution in [2.45, 2.75) is 117 Å². The predicted molar refractivity (Wildman–Crippen MR) is 186 cm³/mol. The molecule has 1 aliphatic carbocycles. The van der Waals surface area contributed by atoms with E-state index in [4.69, 9.17) is 15.2 Å². The molecule has 1 saturated carbocycles. The number of piperazine rings is 1. The highest BCUT2D eigenvalue weighted by molar-refractivity contribution is 5.69. The van der Waals surface area contributed by atoms with E-state index in [9.17, 15) is 9.59 Å². The predicted octanol–water partition coefficient (Wildman–Crippen LogP) is 4.26. The number of amides is 2. The Kier molecular flexibility index (Phi) is 13.1. The summed E-state index contributed by atoms with van der Waals surface area (Å²) in [6.45, 7) is 17.2. The highest BCUT2D eigenvalue weighted by atomic mass is 16.6. The first kappa shape index (κ1) is 36.9. The Balaban J connectivity index is 1.30. The molecule has 0 spiro atoms. The van der Waals surface area contributed by atoms with Gasteiger partial charge in [0.05, 0.1) is 12.7 Å². The Hall–Kier alpha value is -3.88. The van der Waals surface area contributed by atoms with E-state index < -0.39 is 11.2 Å². The SMILES string of the molecule is CC(C)(C)OC(=O)N(CCCN(C(=O)OC(C)(C)C)C1CCCCC1)CCCn1cc(CNc2nc(N)cc(N3CCNCC3)n2)nn1. The molecule has 2 amide bonds. The van der Waals surface area contributed by atoms with Crippen molar-refractivity contribution >= 4 is 29.8 Å². The van der Waals surface area contributed by atoms with Gasteiger partial charge >= 0.3 is 12.2 Å². The summed E-state index contributed by atoms with van der Waals surface area (Å²) >= 11 is 0. The van der Waals surface area contributed by atoms with Crippen molar-refractivity contribution < 1.29 is 19.1 Å². The number of nitrogens with one attached hydrogen (secondary N) is 2. The van der Waals surface area contributed by atoms with Gasteiger partial charge in [0.2, 0.25) is 5.95 Å². The number of nitrogen functional groups attached to an aromatic ring is 1. The Morgan fingerprint density at radius 2 is 1.62 bits per heavy atom. The van der Waals surface area contributed by atoms with Gasteiger partial charge in [-0.1, -0.05) is 24.5 Å². The van der Waals surface area contributed by atoms with Crippen molar-refractivity contribution in [3.05, 3.63) is 18.0 Å². The summed E-state index contributed by atoms with van der Waals surface area (Å²) in [5.74, 6) is 1.65. The molecular formula is C33H57N11O4. The minimum Gasteiger partial charge on any atom is -0.444 e. The highest BCUT2D eigenvalue weighted by Crippen LogP contribution is 2.25. The van der Waals surface area contributed by atoms with Gasteiger partial charge in [-0.25, -0.2) is 9.59 Å². The lowest BCUT2D eigenvalue weighted by molar-refractivity contribution is 0.00994. The van der Waals surface area contributed by atoms with Crippen molar-refractivity contribution in [3.63, 3.8) is 0 Å². The van der Waals surface area contributed by atoms with Gasteiger partial charge in [-0.3, -0.25) is 4.68 Å². The number of nitrogens with zero attached hydrogens (tertiary/aromatic N) is 8. The van der Waals surface area contributed by atoms with E-state index in [0.717, 1.165) is 63.4 Å². The van der Waals surface area contributed by atoms with Crippen molar-refractivity contribution in [1.82, 2.24) is 40.1 Å². The molecule has 4 N–H and O–H groups in total. The fourth-order valence-corrected chi connectivity index (χ4v) is 5.90. The Labute approximate surface area is 285 Å². The number of anilines is 3. The molecule has 2 fully saturated rings. The van der Waals surface area contributed by atoms with Gasteiger partial charge in [0.1, 0.15) is 28.5 Å². The second-order valence-electron chi connectivity index (χ2n) is 14.7. The van der Waals surface area contributed by atoms with Crippen molar-refractivity contribution in [1.29, 1.82) is 0 Å². The van der Waals surface area contributed by atoms with Gasteiger partial charge in [0.15, 0.2) is 0 Å². The smallest absolute Gasteiger partial charge is 0.410 e. The monoisotopic (exact) mass is 671 g/mol. The Bertz CT molecular complexity index is 1310. The minimum atomic E-state index is -0.618. The van der Waals surface area contributed by atoms with Crippen LogP contribution in [-0.2, 0) is 22.6 Å². The fraction of sp³-hybridized carbons (Fsp3) is 0.758. The molecule has 15 nitrogen and oxygen atoms in total. The largest absolute Gasteiger partial charge is 0.444 e. The van der Waals surface area contributed by atoms with Crippen LogP contribution in [0.25, 0.3) is 0 Å². The average molecular weight is 672 g/mol.